The number of alkyl carbamates (subject to hydrolysis) is 1. The van der Waals surface area contributed by atoms with Gasteiger partial charge in [0, 0.05) is 31.8 Å². The van der Waals surface area contributed by atoms with Gasteiger partial charge in [-0.05, 0) is 47.4 Å². The molecule has 0 heterocycles. The van der Waals surface area contributed by atoms with E-state index in [1.54, 1.807) is 0 Å². The maximum absolute atomic E-state index is 12.2. The van der Waals surface area contributed by atoms with Crippen LogP contribution in [-0.2, 0) is 14.3 Å². The van der Waals surface area contributed by atoms with Gasteiger partial charge in [-0.25, -0.2) is 4.79 Å². The molecule has 182 valence electrons. The van der Waals surface area contributed by atoms with E-state index < -0.39 is 12.1 Å². The third-order valence-electron chi connectivity index (χ3n) is 6.17. The minimum absolute atomic E-state index is 0.0214. The molecule has 1 unspecified atom stereocenters. The Morgan fingerprint density at radius 2 is 1.56 bits per heavy atom. The topological polar surface area (TPSA) is 105 Å². The van der Waals surface area contributed by atoms with E-state index in [1.165, 1.54) is 22.3 Å². The molecule has 2 aromatic carbocycles. The maximum Gasteiger partial charge on any atom is 0.407 e. The van der Waals surface area contributed by atoms with Crippen molar-refractivity contribution < 1.29 is 24.2 Å². The van der Waals surface area contributed by atoms with Crippen LogP contribution in [0.4, 0.5) is 4.79 Å². The van der Waals surface area contributed by atoms with Gasteiger partial charge < -0.3 is 20.5 Å². The highest BCUT2D eigenvalue weighted by Crippen LogP contribution is 2.44. The van der Waals surface area contributed by atoms with Crippen molar-refractivity contribution in [3.63, 3.8) is 0 Å². The van der Waals surface area contributed by atoms with Crippen LogP contribution in [0.15, 0.2) is 48.5 Å². The van der Waals surface area contributed by atoms with E-state index in [1.807, 2.05) is 31.2 Å². The minimum atomic E-state index is -0.787. The van der Waals surface area contributed by atoms with E-state index in [0.29, 0.717) is 32.4 Å². The fraction of sp³-hybridized carbons (Fsp3) is 0.444. The monoisotopic (exact) mass is 466 g/mol. The average Bonchev–Trinajstić information content (AvgIpc) is 3.13. The normalized spacial score (nSPS) is 13.0. The number of nitrogens with one attached hydrogen (secondary N) is 2. The van der Waals surface area contributed by atoms with Crippen molar-refractivity contribution in [2.24, 2.45) is 5.92 Å². The lowest BCUT2D eigenvalue weighted by Crippen LogP contribution is -2.29. The molecular formula is C27H34N2O5. The summed E-state index contributed by atoms with van der Waals surface area (Å²) in [4.78, 5) is 34.7. The van der Waals surface area contributed by atoms with Gasteiger partial charge in [0.25, 0.3) is 0 Å². The number of carboxylic acids is 1. The van der Waals surface area contributed by atoms with Crippen LogP contribution in [0.25, 0.3) is 11.1 Å². The number of benzene rings is 2. The summed E-state index contributed by atoms with van der Waals surface area (Å²) in [6, 6.07) is 16.4. The second-order valence-electron chi connectivity index (χ2n) is 8.90. The van der Waals surface area contributed by atoms with Crippen molar-refractivity contribution in [2.75, 3.05) is 19.7 Å². The molecular weight excluding hydrogens is 432 g/mol. The molecule has 2 aromatic rings. The molecule has 7 heteroatoms. The summed E-state index contributed by atoms with van der Waals surface area (Å²) in [5, 5.41) is 14.3. The molecule has 0 bridgehead atoms. The molecule has 0 aliphatic heterocycles. The van der Waals surface area contributed by atoms with Gasteiger partial charge in [-0.3, -0.25) is 9.59 Å². The lowest BCUT2D eigenvalue weighted by molar-refractivity contribution is -0.137. The number of amides is 2. The molecule has 3 N–H and O–H groups in total. The van der Waals surface area contributed by atoms with E-state index in [-0.39, 0.29) is 30.8 Å². The van der Waals surface area contributed by atoms with Crippen molar-refractivity contribution in [3.8, 4) is 11.1 Å². The van der Waals surface area contributed by atoms with Gasteiger partial charge >= 0.3 is 12.1 Å². The first-order valence-corrected chi connectivity index (χ1v) is 12.0. The van der Waals surface area contributed by atoms with Crippen LogP contribution in [0.2, 0.25) is 0 Å². The van der Waals surface area contributed by atoms with Crippen molar-refractivity contribution in [3.05, 3.63) is 59.7 Å². The molecule has 0 aromatic heterocycles. The van der Waals surface area contributed by atoms with Crippen LogP contribution in [-0.4, -0.2) is 42.8 Å². The highest BCUT2D eigenvalue weighted by atomic mass is 16.5. The first kappa shape index (κ1) is 25.3. The number of aliphatic carboxylic acids is 1. The molecule has 2 amide bonds. The summed E-state index contributed by atoms with van der Waals surface area (Å²) in [5.74, 6) is -0.651. The lowest BCUT2D eigenvalue weighted by atomic mass is 9.98. The van der Waals surface area contributed by atoms with Gasteiger partial charge in [0.2, 0.25) is 5.91 Å². The molecule has 0 spiro atoms. The molecule has 1 aliphatic carbocycles. The Balaban J connectivity index is 1.31. The number of ether oxygens (including phenoxy) is 1. The van der Waals surface area contributed by atoms with Gasteiger partial charge in [-0.15, -0.1) is 0 Å². The Morgan fingerprint density at radius 1 is 0.912 bits per heavy atom. The summed E-state index contributed by atoms with van der Waals surface area (Å²) in [7, 11) is 0. The van der Waals surface area contributed by atoms with E-state index >= 15 is 0 Å². The second-order valence-corrected chi connectivity index (χ2v) is 8.90. The predicted octanol–water partition coefficient (Wildman–Crippen LogP) is 4.70. The molecule has 0 saturated carbocycles. The average molecular weight is 467 g/mol. The number of hydrogen-bond donors (Lipinski definition) is 3. The maximum atomic E-state index is 12.2. The van der Waals surface area contributed by atoms with Crippen LogP contribution >= 0.6 is 0 Å². The highest BCUT2D eigenvalue weighted by molar-refractivity contribution is 5.79. The number of rotatable bonds is 13. The zero-order chi connectivity index (χ0) is 24.3. The van der Waals surface area contributed by atoms with E-state index in [0.717, 1.165) is 12.8 Å². The Kier molecular flexibility index (Phi) is 9.50. The largest absolute Gasteiger partial charge is 0.481 e. The van der Waals surface area contributed by atoms with E-state index in [4.69, 9.17) is 9.84 Å². The van der Waals surface area contributed by atoms with E-state index in [2.05, 4.69) is 34.9 Å². The Bertz CT molecular complexity index is 945. The number of hydrogen-bond acceptors (Lipinski definition) is 4. The summed E-state index contributed by atoms with van der Waals surface area (Å²) < 4.78 is 5.54. The number of fused-ring (bicyclic) bond motifs is 3. The first-order chi connectivity index (χ1) is 16.5. The van der Waals surface area contributed by atoms with E-state index in [9.17, 15) is 14.4 Å². The number of carbonyl (C=O) groups is 3. The van der Waals surface area contributed by atoms with Crippen molar-refractivity contribution in [1.82, 2.24) is 10.6 Å². The molecule has 1 aliphatic rings. The van der Waals surface area contributed by atoms with Gasteiger partial charge in [0.1, 0.15) is 6.61 Å². The van der Waals surface area contributed by atoms with Crippen LogP contribution in [0.3, 0.4) is 0 Å². The van der Waals surface area contributed by atoms with Crippen molar-refractivity contribution in [2.45, 2.75) is 51.4 Å². The number of carbonyl (C=O) groups excluding carboxylic acids is 2. The fourth-order valence-electron chi connectivity index (χ4n) is 4.37. The van der Waals surface area contributed by atoms with Crippen LogP contribution in [0, 0.1) is 5.92 Å². The first-order valence-electron chi connectivity index (χ1n) is 12.0. The fourth-order valence-corrected chi connectivity index (χ4v) is 4.37. The summed E-state index contributed by atoms with van der Waals surface area (Å²) in [5.41, 5.74) is 4.75. The third kappa shape index (κ3) is 7.33. The van der Waals surface area contributed by atoms with Crippen LogP contribution in [0.5, 0.6) is 0 Å². The zero-order valence-electron chi connectivity index (χ0n) is 19.7. The smallest absolute Gasteiger partial charge is 0.407 e. The molecule has 0 radical (unpaired) electrons. The minimum Gasteiger partial charge on any atom is -0.481 e. The van der Waals surface area contributed by atoms with Crippen LogP contribution < -0.4 is 10.6 Å². The Hall–Kier alpha value is -3.35. The molecule has 34 heavy (non-hydrogen) atoms. The van der Waals surface area contributed by atoms with Crippen molar-refractivity contribution >= 4 is 18.0 Å². The lowest BCUT2D eigenvalue weighted by Gasteiger charge is -2.15. The number of carboxylic acid groups (broad SMARTS) is 1. The molecule has 1 atom stereocenters. The molecule has 0 fully saturated rings. The van der Waals surface area contributed by atoms with Gasteiger partial charge in [0.05, 0.1) is 0 Å². The quantitative estimate of drug-likeness (QED) is 0.371. The van der Waals surface area contributed by atoms with Gasteiger partial charge in [-0.2, -0.15) is 0 Å². The molecule has 3 rings (SSSR count). The Morgan fingerprint density at radius 3 is 2.21 bits per heavy atom. The van der Waals surface area contributed by atoms with Crippen LogP contribution in [0.1, 0.15) is 62.5 Å². The predicted molar refractivity (Wildman–Crippen MR) is 131 cm³/mol. The van der Waals surface area contributed by atoms with Crippen molar-refractivity contribution in [1.29, 1.82) is 0 Å². The Labute approximate surface area is 200 Å². The summed E-state index contributed by atoms with van der Waals surface area (Å²) in [6.45, 7) is 3.26. The zero-order valence-corrected chi connectivity index (χ0v) is 19.7. The third-order valence-corrected chi connectivity index (χ3v) is 6.17. The standard InChI is InChI=1S/C27H34N2O5/c1-19(17-25(30)28-15-8-2-3-13-26(31)32)14-16-29-27(33)34-18-24-22-11-6-4-9-20(22)21-10-5-7-12-23(21)24/h4-7,9-12,19,24H,2-3,8,13-18H2,1H3,(H,28,30)(H,29,33)(H,31,32). The molecule has 7 nitrogen and oxygen atoms in total. The molecule has 0 saturated heterocycles. The van der Waals surface area contributed by atoms with Gasteiger partial charge in [-0.1, -0.05) is 61.9 Å². The summed E-state index contributed by atoms with van der Waals surface area (Å²) >= 11 is 0. The number of unbranched alkanes of at least 4 members (excludes halogenated alkanes) is 2. The SMILES string of the molecule is CC(CCNC(=O)OCC1c2ccccc2-c2ccccc21)CC(=O)NCCCCCC(=O)O. The van der Waals surface area contributed by atoms with Gasteiger partial charge in [0.15, 0.2) is 0 Å². The highest BCUT2D eigenvalue weighted by Gasteiger charge is 2.28. The second kappa shape index (κ2) is 12.8. The summed E-state index contributed by atoms with van der Waals surface area (Å²) in [6.07, 6.45) is 2.98.